The summed E-state index contributed by atoms with van der Waals surface area (Å²) in [6.07, 6.45) is 0.965. The fraction of sp³-hybridized carbons (Fsp3) is 0.462. The normalized spacial score (nSPS) is 26.1. The minimum Gasteiger partial charge on any atom is -0.309 e. The van der Waals surface area contributed by atoms with Crippen LogP contribution in [-0.2, 0) is 4.79 Å². The number of rotatable bonds is 1. The first-order chi connectivity index (χ1) is 7.09. The van der Waals surface area contributed by atoms with E-state index >= 15 is 0 Å². The van der Waals surface area contributed by atoms with Crippen molar-refractivity contribution < 1.29 is 4.79 Å². The van der Waals surface area contributed by atoms with Crippen molar-refractivity contribution in [1.29, 1.82) is 0 Å². The van der Waals surface area contributed by atoms with Crippen LogP contribution in [-0.4, -0.2) is 11.9 Å². The number of carbonyl (C=O) groups is 1. The molecule has 1 aromatic rings. The van der Waals surface area contributed by atoms with E-state index in [-0.39, 0.29) is 11.8 Å². The Morgan fingerprint density at radius 3 is 2.27 bits per heavy atom. The van der Waals surface area contributed by atoms with Crippen LogP contribution in [0.5, 0.6) is 0 Å². The Morgan fingerprint density at radius 2 is 1.80 bits per heavy atom. The van der Waals surface area contributed by atoms with E-state index in [2.05, 4.69) is 26.0 Å². The highest BCUT2D eigenvalue weighted by Gasteiger charge is 2.34. The van der Waals surface area contributed by atoms with Gasteiger partial charge < -0.3 is 4.90 Å². The fourth-order valence-corrected chi connectivity index (χ4v) is 2.26. The van der Waals surface area contributed by atoms with Gasteiger partial charge in [-0.3, -0.25) is 4.79 Å². The number of nitrogens with zero attached hydrogens (tertiary/aromatic N) is 1. The van der Waals surface area contributed by atoms with Crippen LogP contribution in [0.1, 0.15) is 25.8 Å². The van der Waals surface area contributed by atoms with Crippen molar-refractivity contribution in [2.45, 2.75) is 33.2 Å². The van der Waals surface area contributed by atoms with E-state index in [4.69, 9.17) is 0 Å². The van der Waals surface area contributed by atoms with Gasteiger partial charge in [-0.25, -0.2) is 0 Å². The van der Waals surface area contributed by atoms with E-state index in [9.17, 15) is 4.79 Å². The van der Waals surface area contributed by atoms with Gasteiger partial charge in [-0.05, 0) is 32.4 Å². The predicted octanol–water partition coefficient (Wildman–Crippen LogP) is 2.76. The van der Waals surface area contributed by atoms with Crippen molar-refractivity contribution >= 4 is 11.6 Å². The Morgan fingerprint density at radius 1 is 1.20 bits per heavy atom. The van der Waals surface area contributed by atoms with Crippen LogP contribution >= 0.6 is 0 Å². The number of carbonyl (C=O) groups excluding carboxylic acids is 1. The molecule has 2 unspecified atom stereocenters. The maximum atomic E-state index is 11.9. The second-order valence-electron chi connectivity index (χ2n) is 4.53. The topological polar surface area (TPSA) is 20.3 Å². The number of anilines is 1. The quantitative estimate of drug-likeness (QED) is 0.687. The monoisotopic (exact) mass is 203 g/mol. The second kappa shape index (κ2) is 3.69. The average molecular weight is 203 g/mol. The van der Waals surface area contributed by atoms with Crippen molar-refractivity contribution in [3.05, 3.63) is 29.8 Å². The third-order valence-corrected chi connectivity index (χ3v) is 3.11. The van der Waals surface area contributed by atoms with Gasteiger partial charge >= 0.3 is 0 Å². The molecule has 80 valence electrons. The van der Waals surface area contributed by atoms with Crippen LogP contribution < -0.4 is 4.90 Å². The van der Waals surface area contributed by atoms with Crippen molar-refractivity contribution in [2.24, 2.45) is 5.92 Å². The SMILES string of the molecule is Cc1ccc(N2C(=O)C(C)CC2C)cc1. The number of amides is 1. The second-order valence-corrected chi connectivity index (χ2v) is 4.53. The molecule has 0 aliphatic carbocycles. The Bertz CT molecular complexity index is 369. The van der Waals surface area contributed by atoms with Gasteiger partial charge in [-0.2, -0.15) is 0 Å². The highest BCUT2D eigenvalue weighted by Crippen LogP contribution is 2.29. The van der Waals surface area contributed by atoms with E-state index in [1.165, 1.54) is 5.56 Å². The van der Waals surface area contributed by atoms with Crippen LogP contribution in [0.2, 0.25) is 0 Å². The van der Waals surface area contributed by atoms with Gasteiger partial charge in [0.2, 0.25) is 5.91 Å². The molecule has 1 aliphatic rings. The molecule has 1 fully saturated rings. The van der Waals surface area contributed by atoms with E-state index in [0.717, 1.165) is 12.1 Å². The average Bonchev–Trinajstić information content (AvgIpc) is 2.44. The molecule has 2 rings (SSSR count). The van der Waals surface area contributed by atoms with Crippen LogP contribution in [0, 0.1) is 12.8 Å². The fourth-order valence-electron chi connectivity index (χ4n) is 2.26. The summed E-state index contributed by atoms with van der Waals surface area (Å²) < 4.78 is 0. The van der Waals surface area contributed by atoms with Crippen LogP contribution in [0.3, 0.4) is 0 Å². The van der Waals surface area contributed by atoms with Crippen LogP contribution in [0.15, 0.2) is 24.3 Å². The van der Waals surface area contributed by atoms with Gasteiger partial charge in [0.15, 0.2) is 0 Å². The molecule has 1 heterocycles. The molecule has 0 bridgehead atoms. The van der Waals surface area contributed by atoms with Gasteiger partial charge in [0.25, 0.3) is 0 Å². The van der Waals surface area contributed by atoms with E-state index in [1.54, 1.807) is 0 Å². The van der Waals surface area contributed by atoms with E-state index in [1.807, 2.05) is 24.0 Å². The van der Waals surface area contributed by atoms with Gasteiger partial charge in [-0.1, -0.05) is 24.6 Å². The zero-order valence-electron chi connectivity index (χ0n) is 9.53. The summed E-state index contributed by atoms with van der Waals surface area (Å²) in [5.74, 6) is 0.424. The minimum absolute atomic E-state index is 0.168. The molecule has 0 spiro atoms. The summed E-state index contributed by atoms with van der Waals surface area (Å²) in [7, 11) is 0. The third kappa shape index (κ3) is 1.76. The summed E-state index contributed by atoms with van der Waals surface area (Å²) in [5, 5.41) is 0. The molecule has 0 radical (unpaired) electrons. The first-order valence-electron chi connectivity index (χ1n) is 5.49. The minimum atomic E-state index is 0.168. The van der Waals surface area contributed by atoms with Gasteiger partial charge in [-0.15, -0.1) is 0 Å². The van der Waals surface area contributed by atoms with Crippen molar-refractivity contribution in [3.8, 4) is 0 Å². The lowest BCUT2D eigenvalue weighted by Crippen LogP contribution is -2.31. The lowest BCUT2D eigenvalue weighted by molar-refractivity contribution is -0.119. The molecule has 0 saturated carbocycles. The van der Waals surface area contributed by atoms with Crippen molar-refractivity contribution in [1.82, 2.24) is 0 Å². The largest absolute Gasteiger partial charge is 0.309 e. The lowest BCUT2D eigenvalue weighted by Gasteiger charge is -2.21. The molecule has 2 nitrogen and oxygen atoms in total. The smallest absolute Gasteiger partial charge is 0.230 e. The van der Waals surface area contributed by atoms with E-state index in [0.29, 0.717) is 6.04 Å². The van der Waals surface area contributed by atoms with Gasteiger partial charge in [0.05, 0.1) is 0 Å². The molecular weight excluding hydrogens is 186 g/mol. The summed E-state index contributed by atoms with van der Waals surface area (Å²) in [4.78, 5) is 13.8. The molecule has 0 N–H and O–H groups in total. The van der Waals surface area contributed by atoms with Crippen molar-refractivity contribution in [2.75, 3.05) is 4.90 Å². The maximum Gasteiger partial charge on any atom is 0.230 e. The molecule has 1 saturated heterocycles. The zero-order valence-corrected chi connectivity index (χ0v) is 9.53. The van der Waals surface area contributed by atoms with Gasteiger partial charge in [0, 0.05) is 17.6 Å². The standard InChI is InChI=1S/C13H17NO/c1-9-4-6-12(7-5-9)14-11(3)8-10(2)13(14)15/h4-7,10-11H,8H2,1-3H3. The van der Waals surface area contributed by atoms with Crippen molar-refractivity contribution in [3.63, 3.8) is 0 Å². The third-order valence-electron chi connectivity index (χ3n) is 3.11. The number of hydrogen-bond acceptors (Lipinski definition) is 1. The highest BCUT2D eigenvalue weighted by molar-refractivity contribution is 5.97. The Hall–Kier alpha value is -1.31. The first kappa shape index (κ1) is 10.2. The molecule has 2 heteroatoms. The number of benzene rings is 1. The Kier molecular flexibility index (Phi) is 2.51. The summed E-state index contributed by atoms with van der Waals surface area (Å²) in [6.45, 7) is 6.18. The maximum absolute atomic E-state index is 11.9. The van der Waals surface area contributed by atoms with E-state index < -0.39 is 0 Å². The first-order valence-corrected chi connectivity index (χ1v) is 5.49. The Balaban J connectivity index is 2.31. The molecule has 2 atom stereocenters. The number of aryl methyl sites for hydroxylation is 1. The molecular formula is C13H17NO. The lowest BCUT2D eigenvalue weighted by atomic mass is 10.1. The summed E-state index contributed by atoms with van der Waals surface area (Å²) in [5.41, 5.74) is 2.26. The zero-order chi connectivity index (χ0) is 11.0. The summed E-state index contributed by atoms with van der Waals surface area (Å²) >= 11 is 0. The Labute approximate surface area is 90.9 Å². The van der Waals surface area contributed by atoms with Crippen LogP contribution in [0.25, 0.3) is 0 Å². The van der Waals surface area contributed by atoms with Gasteiger partial charge in [0.1, 0.15) is 0 Å². The molecule has 1 amide bonds. The molecule has 1 aromatic carbocycles. The summed E-state index contributed by atoms with van der Waals surface area (Å²) in [6, 6.07) is 8.50. The molecule has 0 aromatic heterocycles. The van der Waals surface area contributed by atoms with Crippen LogP contribution in [0.4, 0.5) is 5.69 Å². The molecule has 1 aliphatic heterocycles. The predicted molar refractivity (Wildman–Crippen MR) is 61.9 cm³/mol. The highest BCUT2D eigenvalue weighted by atomic mass is 16.2. The number of hydrogen-bond donors (Lipinski definition) is 0. The molecule has 15 heavy (non-hydrogen) atoms.